The van der Waals surface area contributed by atoms with E-state index in [4.69, 9.17) is 14.2 Å². The lowest BCUT2D eigenvalue weighted by molar-refractivity contribution is -0.167. The van der Waals surface area contributed by atoms with Gasteiger partial charge in [-0.2, -0.15) is 0 Å². The number of carbonyl (C=O) groups excluding carboxylic acids is 3. The molecule has 0 aromatic rings. The van der Waals surface area contributed by atoms with Crippen LogP contribution in [-0.4, -0.2) is 37.2 Å². The molecule has 0 spiro atoms. The van der Waals surface area contributed by atoms with Crippen LogP contribution in [0.15, 0.2) is 0 Å². The van der Waals surface area contributed by atoms with Gasteiger partial charge in [0.25, 0.3) is 0 Å². The van der Waals surface area contributed by atoms with Crippen molar-refractivity contribution in [3.05, 3.63) is 0 Å². The first-order chi connectivity index (χ1) is 28.4. The van der Waals surface area contributed by atoms with E-state index >= 15 is 0 Å². The molecule has 0 saturated heterocycles. The van der Waals surface area contributed by atoms with Crippen molar-refractivity contribution in [3.63, 3.8) is 0 Å². The van der Waals surface area contributed by atoms with Gasteiger partial charge in [0.1, 0.15) is 13.2 Å². The van der Waals surface area contributed by atoms with Crippen LogP contribution in [0, 0.1) is 5.92 Å². The van der Waals surface area contributed by atoms with Crippen molar-refractivity contribution in [1.82, 2.24) is 0 Å². The summed E-state index contributed by atoms with van der Waals surface area (Å²) < 4.78 is 16.8. The van der Waals surface area contributed by atoms with Crippen molar-refractivity contribution in [2.24, 2.45) is 5.92 Å². The van der Waals surface area contributed by atoms with Crippen LogP contribution in [0.4, 0.5) is 0 Å². The SMILES string of the molecule is CCCCCCCCCCCCCCCCCC(=O)OC[C@H](COC(=O)CCCCCCCCCCC)OC(=O)CCCCCCCCCCCCCCCC(C)C. The maximum Gasteiger partial charge on any atom is 0.306 e. The van der Waals surface area contributed by atoms with Gasteiger partial charge in [-0.25, -0.2) is 0 Å². The van der Waals surface area contributed by atoms with Gasteiger partial charge in [-0.1, -0.05) is 252 Å². The molecule has 6 nitrogen and oxygen atoms in total. The largest absolute Gasteiger partial charge is 0.462 e. The van der Waals surface area contributed by atoms with E-state index in [1.807, 2.05) is 0 Å². The van der Waals surface area contributed by atoms with Gasteiger partial charge in [0.15, 0.2) is 6.10 Å². The first-order valence-corrected chi connectivity index (χ1v) is 25.9. The Hall–Kier alpha value is -1.59. The molecule has 0 bridgehead atoms. The molecule has 58 heavy (non-hydrogen) atoms. The zero-order valence-corrected chi connectivity index (χ0v) is 39.5. The number of ether oxygens (including phenoxy) is 3. The lowest BCUT2D eigenvalue weighted by Gasteiger charge is -2.18. The lowest BCUT2D eigenvalue weighted by atomic mass is 10.0. The third-order valence-corrected chi connectivity index (χ3v) is 11.8. The van der Waals surface area contributed by atoms with Crippen molar-refractivity contribution in [2.75, 3.05) is 13.2 Å². The molecule has 0 amide bonds. The van der Waals surface area contributed by atoms with Gasteiger partial charge in [-0.05, 0) is 25.2 Å². The predicted octanol–water partition coefficient (Wildman–Crippen LogP) is 16.7. The predicted molar refractivity (Wildman–Crippen MR) is 247 cm³/mol. The number of esters is 3. The van der Waals surface area contributed by atoms with Crippen molar-refractivity contribution < 1.29 is 28.6 Å². The maximum absolute atomic E-state index is 12.8. The van der Waals surface area contributed by atoms with Crippen LogP contribution in [0.2, 0.25) is 0 Å². The normalized spacial score (nSPS) is 11.9. The number of hydrogen-bond acceptors (Lipinski definition) is 6. The molecular weight excluding hydrogens is 721 g/mol. The Kier molecular flexibility index (Phi) is 45.2. The van der Waals surface area contributed by atoms with E-state index in [2.05, 4.69) is 27.7 Å². The van der Waals surface area contributed by atoms with Gasteiger partial charge in [0, 0.05) is 19.3 Å². The Morgan fingerprint density at radius 2 is 0.569 bits per heavy atom. The van der Waals surface area contributed by atoms with E-state index in [-0.39, 0.29) is 31.1 Å². The van der Waals surface area contributed by atoms with Crippen molar-refractivity contribution >= 4 is 17.9 Å². The van der Waals surface area contributed by atoms with Crippen molar-refractivity contribution in [2.45, 2.75) is 297 Å². The second kappa shape index (κ2) is 46.5. The summed E-state index contributed by atoms with van der Waals surface area (Å²) in [4.78, 5) is 37.9. The summed E-state index contributed by atoms with van der Waals surface area (Å²) >= 11 is 0. The summed E-state index contributed by atoms with van der Waals surface area (Å²) in [6.45, 7) is 9.02. The molecule has 0 aliphatic carbocycles. The number of rotatable bonds is 47. The van der Waals surface area contributed by atoms with Gasteiger partial charge in [-0.3, -0.25) is 14.4 Å². The Morgan fingerprint density at radius 3 is 0.845 bits per heavy atom. The van der Waals surface area contributed by atoms with Crippen molar-refractivity contribution in [1.29, 1.82) is 0 Å². The average Bonchev–Trinajstić information content (AvgIpc) is 3.21. The van der Waals surface area contributed by atoms with E-state index in [0.717, 1.165) is 63.7 Å². The van der Waals surface area contributed by atoms with Crippen LogP contribution in [-0.2, 0) is 28.6 Å². The second-order valence-corrected chi connectivity index (χ2v) is 18.3. The minimum absolute atomic E-state index is 0.0627. The standard InChI is InChI=1S/C52H100O6/c1-5-7-9-11-13-15-16-17-18-21-24-28-32-36-40-44-51(54)57-47-49(46-56-50(53)43-39-35-31-26-14-12-10-8-6-2)58-52(55)45-41-37-33-29-25-22-19-20-23-27-30-34-38-42-48(3)4/h48-49H,5-47H2,1-4H3/t49-/m0/s1. The molecule has 0 rings (SSSR count). The summed E-state index contributed by atoms with van der Waals surface area (Å²) in [5.74, 6) is -0.00820. The van der Waals surface area contributed by atoms with Crippen LogP contribution >= 0.6 is 0 Å². The highest BCUT2D eigenvalue weighted by Crippen LogP contribution is 2.17. The van der Waals surface area contributed by atoms with Crippen LogP contribution in [0.25, 0.3) is 0 Å². The van der Waals surface area contributed by atoms with Crippen molar-refractivity contribution in [3.8, 4) is 0 Å². The molecular formula is C52H100O6. The van der Waals surface area contributed by atoms with Gasteiger partial charge < -0.3 is 14.2 Å². The summed E-state index contributed by atoms with van der Waals surface area (Å²) in [5.41, 5.74) is 0. The Balaban J connectivity index is 4.26. The van der Waals surface area contributed by atoms with Gasteiger partial charge in [0.2, 0.25) is 0 Å². The minimum atomic E-state index is -0.760. The van der Waals surface area contributed by atoms with Crippen LogP contribution in [0.3, 0.4) is 0 Å². The fraction of sp³-hybridized carbons (Fsp3) is 0.942. The molecule has 0 aromatic heterocycles. The molecule has 0 radical (unpaired) electrons. The maximum atomic E-state index is 12.8. The van der Waals surface area contributed by atoms with Crippen LogP contribution < -0.4 is 0 Å². The molecule has 0 heterocycles. The third kappa shape index (κ3) is 45.5. The molecule has 1 atom stereocenters. The Labute approximate surface area is 361 Å². The van der Waals surface area contributed by atoms with Crippen LogP contribution in [0.1, 0.15) is 291 Å². The van der Waals surface area contributed by atoms with E-state index in [1.165, 1.54) is 186 Å². The highest BCUT2D eigenvalue weighted by atomic mass is 16.6. The lowest BCUT2D eigenvalue weighted by Crippen LogP contribution is -2.30. The molecule has 344 valence electrons. The monoisotopic (exact) mass is 821 g/mol. The molecule has 6 heteroatoms. The second-order valence-electron chi connectivity index (χ2n) is 18.3. The van der Waals surface area contributed by atoms with Gasteiger partial charge >= 0.3 is 17.9 Å². The molecule has 0 aliphatic heterocycles. The summed E-state index contributed by atoms with van der Waals surface area (Å²) in [6.07, 6.45) is 48.0. The average molecular weight is 821 g/mol. The summed E-state index contributed by atoms with van der Waals surface area (Å²) in [5, 5.41) is 0. The zero-order chi connectivity index (χ0) is 42.4. The van der Waals surface area contributed by atoms with E-state index < -0.39 is 6.10 Å². The topological polar surface area (TPSA) is 78.9 Å². The van der Waals surface area contributed by atoms with Gasteiger partial charge in [-0.15, -0.1) is 0 Å². The summed E-state index contributed by atoms with van der Waals surface area (Å²) in [7, 11) is 0. The van der Waals surface area contributed by atoms with E-state index in [1.54, 1.807) is 0 Å². The Bertz CT molecular complexity index is 872. The molecule has 0 N–H and O–H groups in total. The number of carbonyl (C=O) groups is 3. The van der Waals surface area contributed by atoms with Crippen LogP contribution in [0.5, 0.6) is 0 Å². The highest BCUT2D eigenvalue weighted by Gasteiger charge is 2.19. The smallest absolute Gasteiger partial charge is 0.306 e. The van der Waals surface area contributed by atoms with E-state index in [0.29, 0.717) is 19.3 Å². The quantitative estimate of drug-likeness (QED) is 0.0346. The molecule has 0 unspecified atom stereocenters. The molecule has 0 aromatic carbocycles. The fourth-order valence-electron chi connectivity index (χ4n) is 7.86. The zero-order valence-electron chi connectivity index (χ0n) is 39.5. The highest BCUT2D eigenvalue weighted by molar-refractivity contribution is 5.71. The first kappa shape index (κ1) is 56.4. The first-order valence-electron chi connectivity index (χ1n) is 25.9. The Morgan fingerprint density at radius 1 is 0.328 bits per heavy atom. The molecule has 0 saturated carbocycles. The number of unbranched alkanes of at least 4 members (excludes halogenated alkanes) is 34. The van der Waals surface area contributed by atoms with E-state index in [9.17, 15) is 14.4 Å². The molecule has 0 aliphatic rings. The molecule has 0 fully saturated rings. The third-order valence-electron chi connectivity index (χ3n) is 11.8. The van der Waals surface area contributed by atoms with Gasteiger partial charge in [0.05, 0.1) is 0 Å². The number of hydrogen-bond donors (Lipinski definition) is 0. The fourth-order valence-corrected chi connectivity index (χ4v) is 7.86. The summed E-state index contributed by atoms with van der Waals surface area (Å²) in [6, 6.07) is 0. The minimum Gasteiger partial charge on any atom is -0.462 e.